The summed E-state index contributed by atoms with van der Waals surface area (Å²) in [5, 5.41) is 3.62. The van der Waals surface area contributed by atoms with Gasteiger partial charge in [0.05, 0.1) is 6.04 Å². The Labute approximate surface area is 126 Å². The Balaban J connectivity index is 2.50. The van der Waals surface area contributed by atoms with Gasteiger partial charge >= 0.3 is 0 Å². The molecular weight excluding hydrogens is 244 g/mol. The van der Waals surface area contributed by atoms with Gasteiger partial charge in [0.1, 0.15) is 0 Å². The summed E-state index contributed by atoms with van der Waals surface area (Å²) in [6.07, 6.45) is 13.0. The van der Waals surface area contributed by atoms with Crippen molar-refractivity contribution in [3.8, 4) is 12.3 Å². The lowest BCUT2D eigenvalue weighted by atomic mass is 9.68. The van der Waals surface area contributed by atoms with E-state index in [4.69, 9.17) is 12.2 Å². The molecule has 0 saturated heterocycles. The molecule has 0 radical (unpaired) electrons. The molecule has 0 aromatic carbocycles. The Bertz CT molecular complexity index is 302. The van der Waals surface area contributed by atoms with Crippen molar-refractivity contribution < 1.29 is 0 Å². The standard InChI is InChI=1S/C18H34N2/c1-6-8-16(7-2)20-17(13-19)14-9-11-15(12-10-14)18(3,4)5/h2,14-17,20H,6,8-13,19H2,1,3-5H3. The number of hydrogen-bond donors (Lipinski definition) is 2. The number of terminal acetylenes is 1. The third-order valence-electron chi connectivity index (χ3n) is 5.01. The van der Waals surface area contributed by atoms with E-state index >= 15 is 0 Å². The molecule has 2 atom stereocenters. The number of hydrogen-bond acceptors (Lipinski definition) is 2. The third kappa shape index (κ3) is 5.11. The van der Waals surface area contributed by atoms with E-state index in [9.17, 15) is 0 Å². The van der Waals surface area contributed by atoms with Crippen LogP contribution in [0, 0.1) is 29.6 Å². The van der Waals surface area contributed by atoms with Crippen LogP contribution in [0.1, 0.15) is 66.2 Å². The Morgan fingerprint density at radius 2 is 1.85 bits per heavy atom. The molecule has 116 valence electrons. The minimum Gasteiger partial charge on any atom is -0.329 e. The van der Waals surface area contributed by atoms with E-state index in [1.165, 1.54) is 25.7 Å². The van der Waals surface area contributed by atoms with Crippen LogP contribution in [-0.2, 0) is 0 Å². The maximum atomic E-state index is 5.99. The highest BCUT2D eigenvalue weighted by Gasteiger charge is 2.32. The van der Waals surface area contributed by atoms with Crippen LogP contribution in [0.2, 0.25) is 0 Å². The Morgan fingerprint density at radius 3 is 2.25 bits per heavy atom. The predicted octanol–water partition coefficient (Wildman–Crippen LogP) is 3.56. The lowest BCUT2D eigenvalue weighted by Crippen LogP contribution is -2.48. The molecule has 1 aliphatic rings. The molecule has 3 N–H and O–H groups in total. The highest BCUT2D eigenvalue weighted by molar-refractivity contribution is 5.01. The van der Waals surface area contributed by atoms with Gasteiger partial charge in [-0.3, -0.25) is 5.32 Å². The summed E-state index contributed by atoms with van der Waals surface area (Å²) in [5.74, 6) is 4.43. The number of rotatable bonds is 6. The summed E-state index contributed by atoms with van der Waals surface area (Å²) in [5.41, 5.74) is 6.44. The molecular formula is C18H34N2. The van der Waals surface area contributed by atoms with Crippen LogP contribution in [0.3, 0.4) is 0 Å². The third-order valence-corrected chi connectivity index (χ3v) is 5.01. The van der Waals surface area contributed by atoms with Gasteiger partial charge in [-0.15, -0.1) is 6.42 Å². The summed E-state index contributed by atoms with van der Waals surface area (Å²) in [7, 11) is 0. The van der Waals surface area contributed by atoms with Crippen LogP contribution in [0.15, 0.2) is 0 Å². The smallest absolute Gasteiger partial charge is 0.0689 e. The van der Waals surface area contributed by atoms with Gasteiger partial charge in [0.2, 0.25) is 0 Å². The van der Waals surface area contributed by atoms with Gasteiger partial charge < -0.3 is 5.73 Å². The van der Waals surface area contributed by atoms with E-state index in [1.54, 1.807) is 0 Å². The lowest BCUT2D eigenvalue weighted by Gasteiger charge is -2.40. The van der Waals surface area contributed by atoms with Crippen molar-refractivity contribution >= 4 is 0 Å². The van der Waals surface area contributed by atoms with Crippen molar-refractivity contribution in [2.75, 3.05) is 6.54 Å². The maximum Gasteiger partial charge on any atom is 0.0689 e. The lowest BCUT2D eigenvalue weighted by molar-refractivity contribution is 0.132. The molecule has 0 aromatic rings. The number of nitrogens with one attached hydrogen (secondary N) is 1. The summed E-state index contributed by atoms with van der Waals surface area (Å²) in [6, 6.07) is 0.581. The molecule has 0 spiro atoms. The van der Waals surface area contributed by atoms with Crippen LogP contribution in [0.25, 0.3) is 0 Å². The first-order valence-corrected chi connectivity index (χ1v) is 8.34. The second-order valence-corrected chi connectivity index (χ2v) is 7.49. The molecule has 0 aliphatic heterocycles. The predicted molar refractivity (Wildman–Crippen MR) is 88.4 cm³/mol. The summed E-state index contributed by atoms with van der Waals surface area (Å²) >= 11 is 0. The maximum absolute atomic E-state index is 5.99. The average Bonchev–Trinajstić information content (AvgIpc) is 2.42. The number of nitrogens with two attached hydrogens (primary N) is 1. The van der Waals surface area contributed by atoms with Crippen molar-refractivity contribution in [3.63, 3.8) is 0 Å². The first-order valence-electron chi connectivity index (χ1n) is 8.34. The van der Waals surface area contributed by atoms with Gasteiger partial charge in [-0.05, 0) is 49.4 Å². The molecule has 0 aromatic heterocycles. The SMILES string of the molecule is C#CC(CCC)NC(CN)C1CCC(C(C)(C)C)CC1. The molecule has 2 nitrogen and oxygen atoms in total. The van der Waals surface area contributed by atoms with Gasteiger partial charge in [0.15, 0.2) is 0 Å². The Hall–Kier alpha value is -0.520. The monoisotopic (exact) mass is 278 g/mol. The zero-order valence-corrected chi connectivity index (χ0v) is 13.9. The van der Waals surface area contributed by atoms with Gasteiger partial charge in [-0.2, -0.15) is 0 Å². The first-order chi connectivity index (χ1) is 9.42. The molecule has 2 heteroatoms. The van der Waals surface area contributed by atoms with E-state index in [2.05, 4.69) is 38.9 Å². The van der Waals surface area contributed by atoms with Crippen molar-refractivity contribution in [2.24, 2.45) is 23.0 Å². The highest BCUT2D eigenvalue weighted by Crippen LogP contribution is 2.40. The summed E-state index contributed by atoms with van der Waals surface area (Å²) < 4.78 is 0. The molecule has 0 bridgehead atoms. The van der Waals surface area contributed by atoms with Crippen molar-refractivity contribution in [3.05, 3.63) is 0 Å². The van der Waals surface area contributed by atoms with Crippen LogP contribution in [-0.4, -0.2) is 18.6 Å². The molecule has 1 aliphatic carbocycles. The van der Waals surface area contributed by atoms with Crippen molar-refractivity contribution in [1.82, 2.24) is 5.32 Å². The van der Waals surface area contributed by atoms with Gasteiger partial charge in [0.25, 0.3) is 0 Å². The van der Waals surface area contributed by atoms with E-state index in [1.807, 2.05) is 0 Å². The van der Waals surface area contributed by atoms with Gasteiger partial charge in [-0.25, -0.2) is 0 Å². The normalized spacial score (nSPS) is 26.8. The van der Waals surface area contributed by atoms with E-state index in [0.717, 1.165) is 18.8 Å². The Morgan fingerprint density at radius 1 is 1.25 bits per heavy atom. The second kappa shape index (κ2) is 8.05. The fourth-order valence-corrected chi connectivity index (χ4v) is 3.55. The Kier molecular flexibility index (Phi) is 7.06. The fourth-order valence-electron chi connectivity index (χ4n) is 3.55. The first kappa shape index (κ1) is 17.5. The highest BCUT2D eigenvalue weighted by atomic mass is 15.0. The molecule has 1 fully saturated rings. The van der Waals surface area contributed by atoms with Crippen LogP contribution < -0.4 is 11.1 Å². The quantitative estimate of drug-likeness (QED) is 0.729. The minimum atomic E-state index is 0.189. The van der Waals surface area contributed by atoms with Gasteiger partial charge in [-0.1, -0.05) is 40.0 Å². The van der Waals surface area contributed by atoms with E-state index in [-0.39, 0.29) is 6.04 Å². The van der Waals surface area contributed by atoms with E-state index < -0.39 is 0 Å². The molecule has 20 heavy (non-hydrogen) atoms. The second-order valence-electron chi connectivity index (χ2n) is 7.49. The molecule has 0 amide bonds. The van der Waals surface area contributed by atoms with Crippen LogP contribution in [0.5, 0.6) is 0 Å². The molecule has 1 rings (SSSR count). The summed E-state index contributed by atoms with van der Waals surface area (Å²) in [4.78, 5) is 0. The fraction of sp³-hybridized carbons (Fsp3) is 0.889. The van der Waals surface area contributed by atoms with Gasteiger partial charge in [0, 0.05) is 12.6 Å². The van der Waals surface area contributed by atoms with Crippen LogP contribution in [0.4, 0.5) is 0 Å². The van der Waals surface area contributed by atoms with Crippen molar-refractivity contribution in [2.45, 2.75) is 78.3 Å². The molecule has 0 heterocycles. The molecule has 1 saturated carbocycles. The minimum absolute atomic E-state index is 0.189. The van der Waals surface area contributed by atoms with E-state index in [0.29, 0.717) is 23.9 Å². The van der Waals surface area contributed by atoms with Crippen molar-refractivity contribution in [1.29, 1.82) is 0 Å². The van der Waals surface area contributed by atoms with Crippen LogP contribution >= 0.6 is 0 Å². The zero-order valence-electron chi connectivity index (χ0n) is 13.9. The topological polar surface area (TPSA) is 38.0 Å². The average molecular weight is 278 g/mol. The largest absolute Gasteiger partial charge is 0.329 e. The molecule has 2 unspecified atom stereocenters. The zero-order chi connectivity index (χ0) is 15.2. The summed E-state index contributed by atoms with van der Waals surface area (Å²) in [6.45, 7) is 9.98.